The van der Waals surface area contributed by atoms with E-state index in [9.17, 15) is 0 Å². The van der Waals surface area contributed by atoms with Crippen LogP contribution in [0.15, 0.2) is 24.3 Å². The van der Waals surface area contributed by atoms with Crippen molar-refractivity contribution in [3.63, 3.8) is 0 Å². The molecule has 1 aromatic heterocycles. The van der Waals surface area contributed by atoms with Gasteiger partial charge in [0.1, 0.15) is 5.75 Å². The summed E-state index contributed by atoms with van der Waals surface area (Å²) in [5.41, 5.74) is 1.000. The van der Waals surface area contributed by atoms with E-state index < -0.39 is 0 Å². The van der Waals surface area contributed by atoms with Crippen LogP contribution in [-0.2, 0) is 6.54 Å². The highest BCUT2D eigenvalue weighted by Crippen LogP contribution is 2.23. The molecule has 1 saturated heterocycles. The second-order valence-corrected chi connectivity index (χ2v) is 5.34. The van der Waals surface area contributed by atoms with Crippen LogP contribution in [0.4, 0.5) is 0 Å². The number of piperidine rings is 1. The maximum atomic E-state index is 5.55. The van der Waals surface area contributed by atoms with Crippen LogP contribution in [-0.4, -0.2) is 39.9 Å². The molecular formula is C15H21N5O. The van der Waals surface area contributed by atoms with Crippen molar-refractivity contribution in [1.82, 2.24) is 25.5 Å². The summed E-state index contributed by atoms with van der Waals surface area (Å²) in [4.78, 5) is 0. The highest BCUT2D eigenvalue weighted by atomic mass is 16.5. The highest BCUT2D eigenvalue weighted by molar-refractivity contribution is 5.57. The molecular weight excluding hydrogens is 266 g/mol. The molecule has 112 valence electrons. The predicted octanol–water partition coefficient (Wildman–Crippen LogP) is 1.74. The van der Waals surface area contributed by atoms with Crippen molar-refractivity contribution in [3.05, 3.63) is 24.3 Å². The van der Waals surface area contributed by atoms with Gasteiger partial charge in [-0.15, -0.1) is 5.10 Å². The summed E-state index contributed by atoms with van der Waals surface area (Å²) in [5, 5.41) is 15.6. The topological polar surface area (TPSA) is 64.9 Å². The van der Waals surface area contributed by atoms with E-state index in [4.69, 9.17) is 4.74 Å². The SMILES string of the molecule is CCOc1cccc(-c2nnnn2CC2CCNCC2)c1. The first-order valence-electron chi connectivity index (χ1n) is 7.57. The van der Waals surface area contributed by atoms with Crippen LogP contribution in [0.2, 0.25) is 0 Å². The van der Waals surface area contributed by atoms with E-state index in [0.29, 0.717) is 12.5 Å². The normalized spacial score (nSPS) is 16.0. The Bertz CT molecular complexity index is 577. The molecule has 0 radical (unpaired) electrons. The predicted molar refractivity (Wildman–Crippen MR) is 80.0 cm³/mol. The van der Waals surface area contributed by atoms with Crippen molar-refractivity contribution >= 4 is 0 Å². The van der Waals surface area contributed by atoms with Crippen LogP contribution in [0.3, 0.4) is 0 Å². The number of rotatable bonds is 5. The Kier molecular flexibility index (Phi) is 4.45. The first-order valence-corrected chi connectivity index (χ1v) is 7.57. The fraction of sp³-hybridized carbons (Fsp3) is 0.533. The summed E-state index contributed by atoms with van der Waals surface area (Å²) >= 11 is 0. The van der Waals surface area contributed by atoms with E-state index in [0.717, 1.165) is 36.8 Å². The smallest absolute Gasteiger partial charge is 0.182 e. The summed E-state index contributed by atoms with van der Waals surface area (Å²) in [5.74, 6) is 2.31. The number of ether oxygens (including phenoxy) is 1. The second kappa shape index (κ2) is 6.67. The zero-order valence-electron chi connectivity index (χ0n) is 12.3. The molecule has 6 heteroatoms. The molecule has 1 fully saturated rings. The van der Waals surface area contributed by atoms with Crippen molar-refractivity contribution in [2.45, 2.75) is 26.3 Å². The zero-order chi connectivity index (χ0) is 14.5. The van der Waals surface area contributed by atoms with E-state index in [1.165, 1.54) is 12.8 Å². The van der Waals surface area contributed by atoms with Crippen molar-refractivity contribution in [2.75, 3.05) is 19.7 Å². The van der Waals surface area contributed by atoms with E-state index in [-0.39, 0.29) is 0 Å². The number of nitrogens with one attached hydrogen (secondary N) is 1. The second-order valence-electron chi connectivity index (χ2n) is 5.34. The van der Waals surface area contributed by atoms with Crippen LogP contribution in [0.25, 0.3) is 11.4 Å². The molecule has 1 aromatic carbocycles. The molecule has 0 unspecified atom stereocenters. The molecule has 6 nitrogen and oxygen atoms in total. The minimum Gasteiger partial charge on any atom is -0.494 e. The Hall–Kier alpha value is -1.95. The van der Waals surface area contributed by atoms with Gasteiger partial charge in [-0.25, -0.2) is 4.68 Å². The quantitative estimate of drug-likeness (QED) is 0.907. The number of hydrogen-bond donors (Lipinski definition) is 1. The van der Waals surface area contributed by atoms with Gasteiger partial charge in [-0.3, -0.25) is 0 Å². The third-order valence-electron chi connectivity index (χ3n) is 3.82. The van der Waals surface area contributed by atoms with Gasteiger partial charge in [0.05, 0.1) is 6.61 Å². The lowest BCUT2D eigenvalue weighted by molar-refractivity contribution is 0.320. The molecule has 21 heavy (non-hydrogen) atoms. The molecule has 0 spiro atoms. The van der Waals surface area contributed by atoms with Crippen molar-refractivity contribution < 1.29 is 4.74 Å². The van der Waals surface area contributed by atoms with Crippen molar-refractivity contribution in [2.24, 2.45) is 5.92 Å². The molecule has 2 aromatic rings. The fourth-order valence-electron chi connectivity index (χ4n) is 2.73. The van der Waals surface area contributed by atoms with Gasteiger partial charge in [0.15, 0.2) is 5.82 Å². The number of hydrogen-bond acceptors (Lipinski definition) is 5. The van der Waals surface area contributed by atoms with Crippen LogP contribution < -0.4 is 10.1 Å². The van der Waals surface area contributed by atoms with Gasteiger partial charge in [-0.05, 0) is 61.3 Å². The van der Waals surface area contributed by atoms with Gasteiger partial charge in [0, 0.05) is 12.1 Å². The van der Waals surface area contributed by atoms with Gasteiger partial charge in [0.2, 0.25) is 0 Å². The third-order valence-corrected chi connectivity index (χ3v) is 3.82. The number of benzene rings is 1. The first kappa shape index (κ1) is 14.0. The van der Waals surface area contributed by atoms with Crippen LogP contribution >= 0.6 is 0 Å². The zero-order valence-corrected chi connectivity index (χ0v) is 12.3. The maximum Gasteiger partial charge on any atom is 0.182 e. The lowest BCUT2D eigenvalue weighted by Gasteiger charge is -2.22. The molecule has 0 bridgehead atoms. The summed E-state index contributed by atoms with van der Waals surface area (Å²) < 4.78 is 7.47. The van der Waals surface area contributed by atoms with Gasteiger partial charge in [0.25, 0.3) is 0 Å². The Morgan fingerprint density at radius 2 is 2.19 bits per heavy atom. The third kappa shape index (κ3) is 3.39. The number of aromatic nitrogens is 4. The lowest BCUT2D eigenvalue weighted by atomic mass is 9.98. The molecule has 2 heterocycles. The van der Waals surface area contributed by atoms with E-state index in [2.05, 4.69) is 20.8 Å². The minimum absolute atomic E-state index is 0.642. The summed E-state index contributed by atoms with van der Waals surface area (Å²) in [6.45, 7) is 5.68. The summed E-state index contributed by atoms with van der Waals surface area (Å²) in [7, 11) is 0. The van der Waals surface area contributed by atoms with Gasteiger partial charge >= 0.3 is 0 Å². The monoisotopic (exact) mass is 287 g/mol. The molecule has 0 aliphatic carbocycles. The number of nitrogens with zero attached hydrogens (tertiary/aromatic N) is 4. The molecule has 1 aliphatic heterocycles. The Morgan fingerprint density at radius 3 is 3.00 bits per heavy atom. The average molecular weight is 287 g/mol. The van der Waals surface area contributed by atoms with Crippen molar-refractivity contribution in [1.29, 1.82) is 0 Å². The maximum absolute atomic E-state index is 5.55. The van der Waals surface area contributed by atoms with Crippen LogP contribution in [0, 0.1) is 5.92 Å². The van der Waals surface area contributed by atoms with Gasteiger partial charge < -0.3 is 10.1 Å². The Balaban J connectivity index is 1.79. The van der Waals surface area contributed by atoms with Crippen molar-refractivity contribution in [3.8, 4) is 17.1 Å². The molecule has 0 amide bonds. The minimum atomic E-state index is 0.642. The fourth-order valence-corrected chi connectivity index (χ4v) is 2.73. The summed E-state index contributed by atoms with van der Waals surface area (Å²) in [6.07, 6.45) is 2.36. The van der Waals surface area contributed by atoms with E-state index in [1.54, 1.807) is 0 Å². The van der Waals surface area contributed by atoms with E-state index in [1.807, 2.05) is 35.9 Å². The van der Waals surface area contributed by atoms with Crippen LogP contribution in [0.5, 0.6) is 5.75 Å². The Labute approximate surface area is 124 Å². The standard InChI is InChI=1S/C15H21N5O/c1-2-21-14-5-3-4-13(10-14)15-17-18-19-20(15)11-12-6-8-16-9-7-12/h3-5,10,12,16H,2,6-9,11H2,1H3. The Morgan fingerprint density at radius 1 is 1.33 bits per heavy atom. The van der Waals surface area contributed by atoms with E-state index >= 15 is 0 Å². The number of tetrazole rings is 1. The molecule has 0 atom stereocenters. The largest absolute Gasteiger partial charge is 0.494 e. The van der Waals surface area contributed by atoms with Gasteiger partial charge in [-0.2, -0.15) is 0 Å². The lowest BCUT2D eigenvalue weighted by Crippen LogP contribution is -2.30. The molecule has 3 rings (SSSR count). The molecule has 1 aliphatic rings. The molecule has 1 N–H and O–H groups in total. The highest BCUT2D eigenvalue weighted by Gasteiger charge is 2.17. The van der Waals surface area contributed by atoms with Gasteiger partial charge in [-0.1, -0.05) is 12.1 Å². The summed E-state index contributed by atoms with van der Waals surface area (Å²) in [6, 6.07) is 7.94. The average Bonchev–Trinajstić information content (AvgIpc) is 2.97. The molecule has 0 saturated carbocycles. The first-order chi connectivity index (χ1) is 10.4. The van der Waals surface area contributed by atoms with Crippen LogP contribution in [0.1, 0.15) is 19.8 Å².